The Morgan fingerprint density at radius 1 is 1.44 bits per heavy atom. The molecule has 1 aromatic carbocycles. The lowest BCUT2D eigenvalue weighted by Crippen LogP contribution is -2.22. The monoisotopic (exact) mass is 265 g/mol. The predicted octanol–water partition coefficient (Wildman–Crippen LogP) is 1.85. The van der Waals surface area contributed by atoms with Crippen molar-refractivity contribution in [2.75, 3.05) is 0 Å². The largest absolute Gasteiger partial charge is 0.347 e. The number of rotatable bonds is 3. The Bertz CT molecular complexity index is 654. The molecule has 0 spiro atoms. The molecule has 0 saturated carbocycles. The van der Waals surface area contributed by atoms with Crippen molar-refractivity contribution in [3.05, 3.63) is 67.8 Å². The van der Waals surface area contributed by atoms with Crippen molar-refractivity contribution in [2.24, 2.45) is 0 Å². The Hall–Kier alpha value is -2.21. The number of hydrogen-bond donors (Lipinski definition) is 0. The van der Waals surface area contributed by atoms with Crippen LogP contribution in [0.1, 0.15) is 5.56 Å². The molecule has 7 heteroatoms. The lowest BCUT2D eigenvalue weighted by atomic mass is 10.2. The number of benzene rings is 1. The molecule has 1 aromatic heterocycles. The molecule has 0 fully saturated rings. The van der Waals surface area contributed by atoms with E-state index in [4.69, 9.17) is 11.6 Å². The third-order valence-electron chi connectivity index (χ3n) is 2.36. The summed E-state index contributed by atoms with van der Waals surface area (Å²) in [5, 5.41) is 11.2. The number of nitro groups is 1. The standard InChI is InChI=1S/C11H8ClN3O3/c12-9-2-3-10(15(17)18)8(6-9)7-14-5-1-4-13-11(14)16/h1-6H,7H2. The highest BCUT2D eigenvalue weighted by Crippen LogP contribution is 2.23. The van der Waals surface area contributed by atoms with E-state index in [2.05, 4.69) is 4.98 Å². The summed E-state index contributed by atoms with van der Waals surface area (Å²) in [4.78, 5) is 25.4. The van der Waals surface area contributed by atoms with Gasteiger partial charge < -0.3 is 0 Å². The summed E-state index contributed by atoms with van der Waals surface area (Å²) in [5.41, 5.74) is -0.176. The van der Waals surface area contributed by atoms with Crippen molar-refractivity contribution >= 4 is 17.3 Å². The van der Waals surface area contributed by atoms with Gasteiger partial charge in [-0.2, -0.15) is 0 Å². The Kier molecular flexibility index (Phi) is 3.38. The zero-order valence-corrected chi connectivity index (χ0v) is 9.87. The highest BCUT2D eigenvalue weighted by atomic mass is 35.5. The molecule has 6 nitrogen and oxygen atoms in total. The second-order valence-corrected chi connectivity index (χ2v) is 4.00. The minimum atomic E-state index is -0.507. The van der Waals surface area contributed by atoms with Gasteiger partial charge in [-0.25, -0.2) is 9.78 Å². The summed E-state index contributed by atoms with van der Waals surface area (Å²) in [6.45, 7) is 0.0591. The molecule has 0 atom stereocenters. The molecule has 0 N–H and O–H groups in total. The van der Waals surface area contributed by atoms with Crippen LogP contribution >= 0.6 is 11.6 Å². The van der Waals surface area contributed by atoms with Crippen LogP contribution in [0.5, 0.6) is 0 Å². The van der Waals surface area contributed by atoms with Crippen LogP contribution in [0.3, 0.4) is 0 Å². The molecule has 2 rings (SSSR count). The molecule has 92 valence electrons. The summed E-state index contributed by atoms with van der Waals surface area (Å²) in [5.74, 6) is 0. The van der Waals surface area contributed by atoms with Crippen molar-refractivity contribution in [3.63, 3.8) is 0 Å². The number of nitro benzene ring substituents is 1. The van der Waals surface area contributed by atoms with Gasteiger partial charge in [-0.3, -0.25) is 14.7 Å². The number of aromatic nitrogens is 2. The fourth-order valence-electron chi connectivity index (χ4n) is 1.55. The summed E-state index contributed by atoms with van der Waals surface area (Å²) in [6.07, 6.45) is 2.88. The predicted molar refractivity (Wildman–Crippen MR) is 65.7 cm³/mol. The number of nitrogens with zero attached hydrogens (tertiary/aromatic N) is 3. The minimum absolute atomic E-state index is 0.0591. The zero-order valence-electron chi connectivity index (χ0n) is 9.12. The number of halogens is 1. The number of hydrogen-bond acceptors (Lipinski definition) is 4. The van der Waals surface area contributed by atoms with E-state index in [1.54, 1.807) is 6.07 Å². The molecule has 0 aliphatic rings. The average Bonchev–Trinajstić information content (AvgIpc) is 2.32. The van der Waals surface area contributed by atoms with Gasteiger partial charge in [-0.1, -0.05) is 11.6 Å². The Labute approximate surface area is 107 Å². The van der Waals surface area contributed by atoms with Crippen LogP contribution in [0.15, 0.2) is 41.5 Å². The van der Waals surface area contributed by atoms with E-state index in [1.807, 2.05) is 0 Å². The Morgan fingerprint density at radius 3 is 2.89 bits per heavy atom. The van der Waals surface area contributed by atoms with Gasteiger partial charge in [0.2, 0.25) is 0 Å². The average molecular weight is 266 g/mol. The maximum atomic E-state index is 11.4. The van der Waals surface area contributed by atoms with Crippen molar-refractivity contribution in [1.29, 1.82) is 0 Å². The van der Waals surface area contributed by atoms with Gasteiger partial charge in [0.1, 0.15) is 0 Å². The van der Waals surface area contributed by atoms with E-state index >= 15 is 0 Å². The van der Waals surface area contributed by atoms with Gasteiger partial charge >= 0.3 is 5.69 Å². The van der Waals surface area contributed by atoms with Gasteiger partial charge in [0, 0.05) is 23.5 Å². The highest BCUT2D eigenvalue weighted by molar-refractivity contribution is 6.30. The first kappa shape index (κ1) is 12.3. The molecule has 1 heterocycles. The molecule has 0 aliphatic heterocycles. The quantitative estimate of drug-likeness (QED) is 0.627. The van der Waals surface area contributed by atoms with Crippen LogP contribution in [0.4, 0.5) is 5.69 Å². The first-order chi connectivity index (χ1) is 8.58. The molecule has 0 aliphatic carbocycles. The van der Waals surface area contributed by atoms with E-state index in [1.165, 1.54) is 35.2 Å². The fraction of sp³-hybridized carbons (Fsp3) is 0.0909. The first-order valence-corrected chi connectivity index (χ1v) is 5.40. The van der Waals surface area contributed by atoms with Crippen LogP contribution in [0.25, 0.3) is 0 Å². The third kappa shape index (κ3) is 2.54. The maximum Gasteiger partial charge on any atom is 0.347 e. The summed E-state index contributed by atoms with van der Waals surface area (Å²) in [7, 11) is 0. The van der Waals surface area contributed by atoms with Crippen LogP contribution in [-0.2, 0) is 6.54 Å². The fourth-order valence-corrected chi connectivity index (χ4v) is 1.74. The van der Waals surface area contributed by atoms with Crippen molar-refractivity contribution in [2.45, 2.75) is 6.54 Å². The molecular formula is C11H8ClN3O3. The van der Waals surface area contributed by atoms with E-state index < -0.39 is 10.6 Å². The van der Waals surface area contributed by atoms with E-state index in [0.29, 0.717) is 10.6 Å². The normalized spacial score (nSPS) is 10.3. The van der Waals surface area contributed by atoms with Gasteiger partial charge in [-0.05, 0) is 18.2 Å². The van der Waals surface area contributed by atoms with Gasteiger partial charge in [-0.15, -0.1) is 0 Å². The summed E-state index contributed by atoms with van der Waals surface area (Å²) < 4.78 is 1.28. The topological polar surface area (TPSA) is 78.0 Å². The van der Waals surface area contributed by atoms with Gasteiger partial charge in [0.05, 0.1) is 17.0 Å². The lowest BCUT2D eigenvalue weighted by Gasteiger charge is -2.05. The van der Waals surface area contributed by atoms with Crippen LogP contribution < -0.4 is 5.69 Å². The van der Waals surface area contributed by atoms with E-state index in [9.17, 15) is 14.9 Å². The molecule has 0 bridgehead atoms. The highest BCUT2D eigenvalue weighted by Gasteiger charge is 2.14. The molecule has 18 heavy (non-hydrogen) atoms. The summed E-state index contributed by atoms with van der Waals surface area (Å²) >= 11 is 5.80. The third-order valence-corrected chi connectivity index (χ3v) is 2.60. The maximum absolute atomic E-state index is 11.4. The van der Waals surface area contributed by atoms with Crippen LogP contribution in [0, 0.1) is 10.1 Å². The van der Waals surface area contributed by atoms with Crippen molar-refractivity contribution in [3.8, 4) is 0 Å². The molecule has 0 saturated heterocycles. The van der Waals surface area contributed by atoms with Crippen molar-refractivity contribution < 1.29 is 4.92 Å². The van der Waals surface area contributed by atoms with Crippen LogP contribution in [-0.4, -0.2) is 14.5 Å². The minimum Gasteiger partial charge on any atom is -0.294 e. The SMILES string of the molecule is O=c1ncccn1Cc1cc(Cl)ccc1[N+](=O)[O-]. The van der Waals surface area contributed by atoms with E-state index in [-0.39, 0.29) is 12.2 Å². The molecular weight excluding hydrogens is 258 g/mol. The molecule has 0 amide bonds. The summed E-state index contributed by atoms with van der Waals surface area (Å²) in [6, 6.07) is 5.81. The van der Waals surface area contributed by atoms with Crippen LogP contribution in [0.2, 0.25) is 5.02 Å². The smallest absolute Gasteiger partial charge is 0.294 e. The zero-order chi connectivity index (χ0) is 13.1. The first-order valence-electron chi connectivity index (χ1n) is 5.02. The van der Waals surface area contributed by atoms with E-state index in [0.717, 1.165) is 0 Å². The Morgan fingerprint density at radius 2 is 2.22 bits per heavy atom. The van der Waals surface area contributed by atoms with Gasteiger partial charge in [0.25, 0.3) is 5.69 Å². The Balaban J connectivity index is 2.46. The molecule has 0 unspecified atom stereocenters. The second kappa shape index (κ2) is 4.97. The molecule has 2 aromatic rings. The second-order valence-electron chi connectivity index (χ2n) is 3.56. The van der Waals surface area contributed by atoms with Crippen molar-refractivity contribution in [1.82, 2.24) is 9.55 Å². The molecule has 0 radical (unpaired) electrons. The lowest BCUT2D eigenvalue weighted by molar-refractivity contribution is -0.385. The van der Waals surface area contributed by atoms with Gasteiger partial charge in [0.15, 0.2) is 0 Å².